The van der Waals surface area contributed by atoms with Crippen molar-refractivity contribution >= 4 is 17.0 Å². The number of rotatable bonds is 11. The van der Waals surface area contributed by atoms with E-state index in [1.807, 2.05) is 30.3 Å². The molecule has 1 N–H and O–H groups in total. The molecule has 0 spiro atoms. The lowest BCUT2D eigenvalue weighted by Gasteiger charge is -2.62. The molecule has 0 bridgehead atoms. The summed E-state index contributed by atoms with van der Waals surface area (Å²) in [4.78, 5) is 13.3. The molecule has 44 heavy (non-hydrogen) atoms. The van der Waals surface area contributed by atoms with Gasteiger partial charge in [-0.1, -0.05) is 63.3 Å². The Labute approximate surface area is 261 Å². The summed E-state index contributed by atoms with van der Waals surface area (Å²) in [5.74, 6) is -4.72. The van der Waals surface area contributed by atoms with Crippen LogP contribution in [0.25, 0.3) is 0 Å². The summed E-state index contributed by atoms with van der Waals surface area (Å²) in [5, 5.41) is 11.3. The maximum atomic E-state index is 15.0. The number of hydrogen-bond donors (Lipinski definition) is 1. The normalized spacial score (nSPS) is 36.3. The van der Waals surface area contributed by atoms with Gasteiger partial charge in [0.1, 0.15) is 11.4 Å². The summed E-state index contributed by atoms with van der Waals surface area (Å²) < 4.78 is 83.4. The van der Waals surface area contributed by atoms with Crippen molar-refractivity contribution in [2.75, 3.05) is 5.75 Å². The van der Waals surface area contributed by atoms with Gasteiger partial charge in [-0.25, -0.2) is 0 Å². The van der Waals surface area contributed by atoms with Crippen LogP contribution in [0.2, 0.25) is 0 Å². The Morgan fingerprint density at radius 3 is 2.23 bits per heavy atom. The molecule has 3 unspecified atom stereocenters. The molecule has 3 saturated carbocycles. The van der Waals surface area contributed by atoms with Gasteiger partial charge in [-0.15, -0.1) is 0 Å². The van der Waals surface area contributed by atoms with Crippen LogP contribution in [-0.2, 0) is 16.0 Å². The smallest absolute Gasteiger partial charge is 0.456 e. The molecule has 1 aromatic rings. The lowest BCUT2D eigenvalue weighted by molar-refractivity contribution is -0.364. The van der Waals surface area contributed by atoms with Crippen LogP contribution in [0.5, 0.6) is 0 Å². The van der Waals surface area contributed by atoms with Crippen LogP contribution < -0.4 is 0 Å². The summed E-state index contributed by atoms with van der Waals surface area (Å²) in [6, 6.07) is 9.46. The highest BCUT2D eigenvalue weighted by atomic mass is 32.2. The zero-order valence-corrected chi connectivity index (χ0v) is 26.8. The largest absolute Gasteiger partial charge is 0.611 e. The highest BCUT2D eigenvalue weighted by Gasteiger charge is 2.79. The molecule has 0 amide bonds. The molecule has 0 heterocycles. The first-order valence-corrected chi connectivity index (χ1v) is 17.8. The lowest BCUT2D eigenvalue weighted by Crippen LogP contribution is -2.66. The number of carbonyl (C=O) groups excluding carboxylic acids is 1. The van der Waals surface area contributed by atoms with Crippen molar-refractivity contribution in [1.29, 1.82) is 0 Å². The first-order chi connectivity index (χ1) is 20.7. The summed E-state index contributed by atoms with van der Waals surface area (Å²) in [5.41, 5.74) is -3.79. The first kappa shape index (κ1) is 33.9. The highest BCUT2D eigenvalue weighted by Crippen LogP contribution is 2.72. The van der Waals surface area contributed by atoms with Crippen molar-refractivity contribution in [3.63, 3.8) is 0 Å². The molecule has 8 atom stereocenters. The van der Waals surface area contributed by atoms with Gasteiger partial charge in [-0.05, 0) is 116 Å². The second-order valence-corrected chi connectivity index (χ2v) is 16.1. The molecule has 1 aromatic carbocycles. The van der Waals surface area contributed by atoms with Crippen molar-refractivity contribution in [1.82, 2.24) is 0 Å². The maximum Gasteiger partial charge on any atom is 0.456 e. The molecule has 0 saturated heterocycles. The number of aliphatic hydroxyl groups is 1. The fourth-order valence-electron chi connectivity index (χ4n) is 9.80. The topological polar surface area (TPSA) is 60.4 Å². The summed E-state index contributed by atoms with van der Waals surface area (Å²) in [6.07, 6.45) is 4.68. The first-order valence-electron chi connectivity index (χ1n) is 16.5. The standard InChI is InChI=1S/C35H47F5O3S/c1-31-18-15-26(41)23-25(31)22-24(12-8-5-3-4-6-11-21-44(43)27-13-9-7-10-14-27)30-28(31)16-19-32(2)29(30)17-20-33(32,42)34(36,37)35(38,39)40/h7,9-10,13-14,23-24,28-30,42H,3-6,8,11-12,15-22H2,1-2H3/t24?,28-,29+,30-,31+,32+,33?,44?/m1/s1. The van der Waals surface area contributed by atoms with Gasteiger partial charge < -0.3 is 9.66 Å². The van der Waals surface area contributed by atoms with E-state index in [0.717, 1.165) is 55.4 Å². The predicted octanol–water partition coefficient (Wildman–Crippen LogP) is 9.21. The van der Waals surface area contributed by atoms with E-state index < -0.39 is 46.6 Å². The van der Waals surface area contributed by atoms with Crippen LogP contribution >= 0.6 is 0 Å². The Hall–Kier alpha value is -1.45. The minimum absolute atomic E-state index is 0.0601. The van der Waals surface area contributed by atoms with Crippen LogP contribution in [0.1, 0.15) is 104 Å². The molecule has 0 aromatic heterocycles. The van der Waals surface area contributed by atoms with Gasteiger partial charge in [0.2, 0.25) is 0 Å². The molecule has 5 rings (SSSR count). The zero-order valence-electron chi connectivity index (χ0n) is 25.9. The molecular weight excluding hydrogens is 595 g/mol. The Bertz CT molecular complexity index is 1200. The van der Waals surface area contributed by atoms with Gasteiger partial charge in [0.25, 0.3) is 0 Å². The van der Waals surface area contributed by atoms with Crippen LogP contribution in [0, 0.1) is 34.5 Å². The molecule has 9 heteroatoms. The minimum Gasteiger partial charge on any atom is -0.611 e. The summed E-state index contributed by atoms with van der Waals surface area (Å²) in [6.45, 7) is 3.65. The van der Waals surface area contributed by atoms with Crippen LogP contribution in [-0.4, -0.2) is 38.9 Å². The number of ketones is 1. The Balaban J connectivity index is 1.24. The van der Waals surface area contributed by atoms with E-state index in [-0.39, 0.29) is 41.8 Å². The zero-order chi connectivity index (χ0) is 32.0. The predicted molar refractivity (Wildman–Crippen MR) is 162 cm³/mol. The third-order valence-corrected chi connectivity index (χ3v) is 13.8. The van der Waals surface area contributed by atoms with Crippen molar-refractivity contribution < 1.29 is 36.4 Å². The average molecular weight is 643 g/mol. The molecular formula is C35H47F5O3S. The highest BCUT2D eigenvalue weighted by molar-refractivity contribution is 7.91. The Morgan fingerprint density at radius 1 is 0.909 bits per heavy atom. The summed E-state index contributed by atoms with van der Waals surface area (Å²) >= 11 is -0.988. The van der Waals surface area contributed by atoms with Gasteiger partial charge in [-0.2, -0.15) is 22.0 Å². The molecule has 4 aliphatic rings. The van der Waals surface area contributed by atoms with E-state index in [0.29, 0.717) is 31.4 Å². The lowest BCUT2D eigenvalue weighted by atomic mass is 9.43. The molecule has 0 radical (unpaired) electrons. The summed E-state index contributed by atoms with van der Waals surface area (Å²) in [7, 11) is 0. The van der Waals surface area contributed by atoms with Crippen molar-refractivity contribution in [3.05, 3.63) is 42.0 Å². The van der Waals surface area contributed by atoms with Crippen molar-refractivity contribution in [2.24, 2.45) is 34.5 Å². The average Bonchev–Trinajstić information content (AvgIpc) is 3.26. The van der Waals surface area contributed by atoms with Gasteiger partial charge in [0.05, 0.1) is 0 Å². The number of fused-ring (bicyclic) bond motifs is 5. The second kappa shape index (κ2) is 12.6. The van der Waals surface area contributed by atoms with Crippen LogP contribution in [0.4, 0.5) is 22.0 Å². The Kier molecular flexibility index (Phi) is 9.73. The van der Waals surface area contributed by atoms with Crippen molar-refractivity contribution in [2.45, 2.75) is 126 Å². The van der Waals surface area contributed by atoms with E-state index >= 15 is 8.78 Å². The molecule has 4 aliphatic carbocycles. The molecule has 3 nitrogen and oxygen atoms in total. The van der Waals surface area contributed by atoms with Crippen LogP contribution in [0.15, 0.2) is 46.9 Å². The number of allylic oxidation sites excluding steroid dienone is 1. The SMILES string of the molecule is C[C@]12CCC(=O)C=C1CC(CCCCCCCC[S+]([O-])c1ccccc1)[C@@H]1[C@H]2CC[C@@]2(C)[C@H]1CCC2(O)C(F)(F)C(F)(F)F. The van der Waals surface area contributed by atoms with E-state index in [2.05, 4.69) is 6.92 Å². The van der Waals surface area contributed by atoms with E-state index in [1.54, 1.807) is 6.08 Å². The van der Waals surface area contributed by atoms with Gasteiger partial charge in [-0.3, -0.25) is 4.79 Å². The van der Waals surface area contributed by atoms with E-state index in [1.165, 1.54) is 6.92 Å². The third-order valence-electron chi connectivity index (χ3n) is 12.3. The molecule has 246 valence electrons. The maximum absolute atomic E-state index is 15.0. The number of halogens is 5. The monoisotopic (exact) mass is 642 g/mol. The molecule has 0 aliphatic heterocycles. The quantitative estimate of drug-likeness (QED) is 0.149. The second-order valence-electron chi connectivity index (χ2n) is 14.5. The van der Waals surface area contributed by atoms with Gasteiger partial charge >= 0.3 is 12.1 Å². The fraction of sp³-hybridized carbons (Fsp3) is 0.743. The number of unbranched alkanes of at least 4 members (excludes halogenated alkanes) is 5. The van der Waals surface area contributed by atoms with Gasteiger partial charge in [0, 0.05) is 11.8 Å². The number of alkyl halides is 5. The fourth-order valence-corrected chi connectivity index (χ4v) is 11.0. The number of hydrogen-bond acceptors (Lipinski definition) is 3. The Morgan fingerprint density at radius 2 is 1.55 bits per heavy atom. The number of carbonyl (C=O) groups is 1. The van der Waals surface area contributed by atoms with Crippen LogP contribution in [0.3, 0.4) is 0 Å². The number of benzene rings is 1. The molecule has 3 fully saturated rings. The van der Waals surface area contributed by atoms with E-state index in [4.69, 9.17) is 0 Å². The van der Waals surface area contributed by atoms with Gasteiger partial charge in [0.15, 0.2) is 10.7 Å². The minimum atomic E-state index is -5.81. The van der Waals surface area contributed by atoms with E-state index in [9.17, 15) is 27.6 Å². The van der Waals surface area contributed by atoms with Crippen molar-refractivity contribution in [3.8, 4) is 0 Å². The third kappa shape index (κ3) is 5.80.